The third kappa shape index (κ3) is 5.47. The number of fused-ring (bicyclic) bond motifs is 1. The summed E-state index contributed by atoms with van der Waals surface area (Å²) in [6, 6.07) is 11.1. The van der Waals surface area contributed by atoms with Crippen LogP contribution in [0.25, 0.3) is 10.9 Å². The van der Waals surface area contributed by atoms with Gasteiger partial charge in [0, 0.05) is 29.9 Å². The Labute approximate surface area is 209 Å². The lowest BCUT2D eigenvalue weighted by Crippen LogP contribution is -2.45. The number of carbonyl (C=O) groups excluding carboxylic acids is 2. The van der Waals surface area contributed by atoms with Crippen molar-refractivity contribution in [1.82, 2.24) is 24.4 Å². The van der Waals surface area contributed by atoms with E-state index in [9.17, 15) is 19.2 Å². The Bertz CT molecular complexity index is 1530. The molecule has 0 aliphatic rings. The summed E-state index contributed by atoms with van der Waals surface area (Å²) in [4.78, 5) is 58.5. The van der Waals surface area contributed by atoms with Crippen LogP contribution in [0.3, 0.4) is 0 Å². The highest BCUT2D eigenvalue weighted by Gasteiger charge is 2.18. The van der Waals surface area contributed by atoms with Gasteiger partial charge in [-0.2, -0.15) is 0 Å². The number of imidazole rings is 1. The molecule has 0 fully saturated rings. The van der Waals surface area contributed by atoms with Crippen molar-refractivity contribution < 1.29 is 14.3 Å². The normalized spacial score (nSPS) is 10.8. The maximum absolute atomic E-state index is 13.3. The van der Waals surface area contributed by atoms with E-state index in [-0.39, 0.29) is 10.9 Å². The Kier molecular flexibility index (Phi) is 7.50. The van der Waals surface area contributed by atoms with Crippen LogP contribution in [0.2, 0.25) is 5.02 Å². The van der Waals surface area contributed by atoms with Gasteiger partial charge in [-0.15, -0.1) is 0 Å². The highest BCUT2D eigenvalue weighted by atomic mass is 35.5. The average Bonchev–Trinajstić information content (AvgIpc) is 3.38. The van der Waals surface area contributed by atoms with Gasteiger partial charge in [-0.05, 0) is 30.3 Å². The third-order valence-electron chi connectivity index (χ3n) is 5.44. The van der Waals surface area contributed by atoms with Gasteiger partial charge in [-0.1, -0.05) is 23.7 Å². The molecule has 0 radical (unpaired) electrons. The first-order chi connectivity index (χ1) is 17.4. The monoisotopic (exact) mass is 510 g/mol. The number of benzene rings is 2. The number of aromatic nitrogens is 4. The summed E-state index contributed by atoms with van der Waals surface area (Å²) >= 11 is 6.03. The number of para-hydroxylation sites is 1. The summed E-state index contributed by atoms with van der Waals surface area (Å²) in [7, 11) is 1.45. The lowest BCUT2D eigenvalue weighted by Gasteiger charge is -2.15. The first-order valence-electron chi connectivity index (χ1n) is 11.0. The molecule has 2 amide bonds. The summed E-state index contributed by atoms with van der Waals surface area (Å²) in [5.41, 5.74) is 0.0416. The molecule has 0 aliphatic heterocycles. The zero-order chi connectivity index (χ0) is 25.7. The zero-order valence-electron chi connectivity index (χ0n) is 19.3. The van der Waals surface area contributed by atoms with E-state index in [4.69, 9.17) is 16.3 Å². The number of hydrogen-bond donors (Lipinski definition) is 3. The molecule has 2 heterocycles. The smallest absolute Gasteiger partial charge is 0.332 e. The number of H-pyrrole nitrogens is 1. The van der Waals surface area contributed by atoms with E-state index in [0.717, 1.165) is 14.8 Å². The molecule has 36 heavy (non-hydrogen) atoms. The van der Waals surface area contributed by atoms with Crippen LogP contribution in [0.15, 0.2) is 64.6 Å². The molecule has 2 aromatic heterocycles. The van der Waals surface area contributed by atoms with Crippen molar-refractivity contribution in [3.63, 3.8) is 0 Å². The molecule has 0 saturated carbocycles. The average molecular weight is 511 g/mol. The number of amides is 2. The quantitative estimate of drug-likeness (QED) is 0.312. The van der Waals surface area contributed by atoms with Crippen LogP contribution >= 0.6 is 11.6 Å². The lowest BCUT2D eigenvalue weighted by atomic mass is 10.2. The van der Waals surface area contributed by atoms with Gasteiger partial charge in [0.2, 0.25) is 11.8 Å². The Balaban J connectivity index is 1.59. The zero-order valence-corrected chi connectivity index (χ0v) is 20.0. The first kappa shape index (κ1) is 24.7. The minimum absolute atomic E-state index is 0.204. The molecule has 12 heteroatoms. The molecule has 186 valence electrons. The summed E-state index contributed by atoms with van der Waals surface area (Å²) in [5, 5.41) is 5.95. The van der Waals surface area contributed by atoms with Crippen molar-refractivity contribution in [1.29, 1.82) is 0 Å². The fourth-order valence-corrected chi connectivity index (χ4v) is 3.90. The van der Waals surface area contributed by atoms with Crippen molar-refractivity contribution in [3.8, 4) is 5.75 Å². The van der Waals surface area contributed by atoms with E-state index >= 15 is 0 Å². The number of anilines is 1. The fraction of sp³-hybridized carbons (Fsp3) is 0.208. The molecule has 11 nitrogen and oxygen atoms in total. The van der Waals surface area contributed by atoms with Gasteiger partial charge < -0.3 is 20.4 Å². The van der Waals surface area contributed by atoms with Crippen LogP contribution in [0.4, 0.5) is 5.69 Å². The van der Waals surface area contributed by atoms with E-state index in [1.165, 1.54) is 25.6 Å². The number of ether oxygens (including phenoxy) is 1. The van der Waals surface area contributed by atoms with Crippen LogP contribution in [0, 0.1) is 0 Å². The predicted octanol–water partition coefficient (Wildman–Crippen LogP) is 1.55. The van der Waals surface area contributed by atoms with Gasteiger partial charge in [0.1, 0.15) is 18.8 Å². The standard InChI is InChI=1S/C24H23ClN6O5/c1-36-20-7-6-15(25)10-18(20)29-22(33)13-30-19-5-3-2-4-17(19)23(34)31(24(30)35)12-21(32)27-9-8-16-11-26-14-28-16/h2-7,10-11,14H,8-9,12-13H2,1H3,(H,26,28)(H,27,32)(H,29,33). The molecule has 0 saturated heterocycles. The van der Waals surface area contributed by atoms with E-state index in [2.05, 4.69) is 20.6 Å². The highest BCUT2D eigenvalue weighted by molar-refractivity contribution is 6.31. The number of halogens is 1. The van der Waals surface area contributed by atoms with E-state index in [0.29, 0.717) is 29.4 Å². The van der Waals surface area contributed by atoms with Crippen molar-refractivity contribution in [3.05, 3.63) is 86.5 Å². The van der Waals surface area contributed by atoms with Gasteiger partial charge in [0.25, 0.3) is 5.56 Å². The fourth-order valence-electron chi connectivity index (χ4n) is 3.73. The largest absolute Gasteiger partial charge is 0.495 e. The van der Waals surface area contributed by atoms with Crippen LogP contribution in [0.5, 0.6) is 5.75 Å². The number of hydrogen-bond acceptors (Lipinski definition) is 6. The van der Waals surface area contributed by atoms with Gasteiger partial charge in [-0.3, -0.25) is 23.5 Å². The van der Waals surface area contributed by atoms with E-state index in [1.54, 1.807) is 36.5 Å². The third-order valence-corrected chi connectivity index (χ3v) is 5.68. The van der Waals surface area contributed by atoms with Gasteiger partial charge >= 0.3 is 5.69 Å². The highest BCUT2D eigenvalue weighted by Crippen LogP contribution is 2.27. The molecule has 3 N–H and O–H groups in total. The Morgan fingerprint density at radius 3 is 2.61 bits per heavy atom. The van der Waals surface area contributed by atoms with Crippen LogP contribution < -0.4 is 26.6 Å². The molecular formula is C24H23ClN6O5. The SMILES string of the molecule is COc1ccc(Cl)cc1NC(=O)Cn1c(=O)n(CC(=O)NCCc2cnc[nH]2)c(=O)c2ccccc21. The van der Waals surface area contributed by atoms with Crippen molar-refractivity contribution in [2.45, 2.75) is 19.5 Å². The first-order valence-corrected chi connectivity index (χ1v) is 11.3. The van der Waals surface area contributed by atoms with Crippen LogP contribution in [0.1, 0.15) is 5.69 Å². The number of rotatable bonds is 9. The van der Waals surface area contributed by atoms with Gasteiger partial charge in [0.05, 0.1) is 30.0 Å². The number of nitrogens with one attached hydrogen (secondary N) is 3. The molecule has 0 unspecified atom stereocenters. The van der Waals surface area contributed by atoms with Crippen molar-refractivity contribution in [2.24, 2.45) is 0 Å². The molecule has 0 spiro atoms. The Morgan fingerprint density at radius 1 is 1.08 bits per heavy atom. The second-order valence-electron chi connectivity index (χ2n) is 7.85. The summed E-state index contributed by atoms with van der Waals surface area (Å²) in [5.74, 6) is -0.664. The number of carbonyl (C=O) groups is 2. The van der Waals surface area contributed by atoms with Crippen molar-refractivity contribution >= 4 is 40.0 Å². The number of nitrogens with zero attached hydrogens (tertiary/aromatic N) is 3. The minimum Gasteiger partial charge on any atom is -0.495 e. The lowest BCUT2D eigenvalue weighted by molar-refractivity contribution is -0.121. The topological polar surface area (TPSA) is 140 Å². The Morgan fingerprint density at radius 2 is 1.86 bits per heavy atom. The molecule has 0 atom stereocenters. The van der Waals surface area contributed by atoms with Crippen molar-refractivity contribution in [2.75, 3.05) is 19.0 Å². The van der Waals surface area contributed by atoms with E-state index < -0.39 is 36.2 Å². The van der Waals surface area contributed by atoms with E-state index in [1.807, 2.05) is 0 Å². The Hall–Kier alpha value is -4.38. The van der Waals surface area contributed by atoms with Crippen LogP contribution in [-0.4, -0.2) is 44.6 Å². The summed E-state index contributed by atoms with van der Waals surface area (Å²) in [6.07, 6.45) is 3.69. The maximum atomic E-state index is 13.3. The van der Waals surface area contributed by atoms with Crippen LogP contribution in [-0.2, 0) is 29.1 Å². The molecule has 0 aliphatic carbocycles. The summed E-state index contributed by atoms with van der Waals surface area (Å²) in [6.45, 7) is -0.604. The van der Waals surface area contributed by atoms with Gasteiger partial charge in [0.15, 0.2) is 0 Å². The molecule has 0 bridgehead atoms. The minimum atomic E-state index is -0.782. The maximum Gasteiger partial charge on any atom is 0.332 e. The second-order valence-corrected chi connectivity index (χ2v) is 8.28. The molecule has 4 rings (SSSR count). The number of methoxy groups -OCH3 is 1. The van der Waals surface area contributed by atoms with Gasteiger partial charge in [-0.25, -0.2) is 9.78 Å². The second kappa shape index (κ2) is 10.9. The number of aromatic amines is 1. The summed E-state index contributed by atoms with van der Waals surface area (Å²) < 4.78 is 7.22. The molecule has 2 aromatic carbocycles. The predicted molar refractivity (Wildman–Crippen MR) is 134 cm³/mol. The molecule has 4 aromatic rings. The molecular weight excluding hydrogens is 488 g/mol.